The zero-order valence-electron chi connectivity index (χ0n) is 10.9. The standard InChI is InChI=1S/C15H14O6/c16-9-2-1-7(3-10(9)17)15-13(20)5-8-4-11(18)12(19)6-14(8)21-15/h1-4,6,13,15-20H,5H2. The van der Waals surface area contributed by atoms with Crippen LogP contribution in [-0.4, -0.2) is 31.6 Å². The zero-order valence-corrected chi connectivity index (χ0v) is 10.9. The number of benzene rings is 2. The van der Waals surface area contributed by atoms with E-state index >= 15 is 0 Å². The smallest absolute Gasteiger partial charge is 0.161 e. The van der Waals surface area contributed by atoms with Crippen molar-refractivity contribution in [1.82, 2.24) is 0 Å². The SMILES string of the molecule is Oc1ccc(C2Oc3cc(O)c(O)cc3CC2O)cc1O. The molecule has 21 heavy (non-hydrogen) atoms. The van der Waals surface area contributed by atoms with E-state index in [9.17, 15) is 25.5 Å². The molecular formula is C15H14O6. The minimum Gasteiger partial charge on any atom is -0.504 e. The highest BCUT2D eigenvalue weighted by molar-refractivity contribution is 5.51. The Hall–Kier alpha value is -2.60. The fourth-order valence-corrected chi connectivity index (χ4v) is 2.43. The van der Waals surface area contributed by atoms with Gasteiger partial charge in [-0.3, -0.25) is 0 Å². The van der Waals surface area contributed by atoms with Crippen LogP contribution in [0.3, 0.4) is 0 Å². The van der Waals surface area contributed by atoms with Gasteiger partial charge < -0.3 is 30.3 Å². The highest BCUT2D eigenvalue weighted by Crippen LogP contribution is 2.41. The molecule has 6 heteroatoms. The zero-order chi connectivity index (χ0) is 15.1. The van der Waals surface area contributed by atoms with Crippen molar-refractivity contribution < 1.29 is 30.3 Å². The van der Waals surface area contributed by atoms with Crippen molar-refractivity contribution in [2.45, 2.75) is 18.6 Å². The predicted molar refractivity (Wildman–Crippen MR) is 72.6 cm³/mol. The molecule has 2 aromatic rings. The van der Waals surface area contributed by atoms with Crippen LogP contribution in [0, 0.1) is 0 Å². The van der Waals surface area contributed by atoms with Crippen molar-refractivity contribution in [3.63, 3.8) is 0 Å². The normalized spacial score (nSPS) is 20.6. The summed E-state index contributed by atoms with van der Waals surface area (Å²) in [5, 5.41) is 48.0. The Balaban J connectivity index is 1.98. The molecule has 0 saturated heterocycles. The summed E-state index contributed by atoms with van der Waals surface area (Å²) < 4.78 is 5.65. The maximum Gasteiger partial charge on any atom is 0.161 e. The van der Waals surface area contributed by atoms with E-state index in [0.29, 0.717) is 16.9 Å². The largest absolute Gasteiger partial charge is 0.504 e. The van der Waals surface area contributed by atoms with Crippen molar-refractivity contribution in [3.8, 4) is 28.7 Å². The number of hydrogen-bond acceptors (Lipinski definition) is 6. The first-order valence-electron chi connectivity index (χ1n) is 6.37. The molecule has 0 amide bonds. The molecule has 1 aliphatic rings. The fourth-order valence-electron chi connectivity index (χ4n) is 2.43. The maximum absolute atomic E-state index is 10.2. The van der Waals surface area contributed by atoms with E-state index in [1.807, 2.05) is 0 Å². The molecule has 1 aliphatic heterocycles. The summed E-state index contributed by atoms with van der Waals surface area (Å²) in [6.45, 7) is 0. The Morgan fingerprint density at radius 1 is 0.857 bits per heavy atom. The maximum atomic E-state index is 10.2. The Morgan fingerprint density at radius 3 is 2.24 bits per heavy atom. The summed E-state index contributed by atoms with van der Waals surface area (Å²) >= 11 is 0. The lowest BCUT2D eigenvalue weighted by Crippen LogP contribution is -2.30. The molecule has 0 fully saturated rings. The average Bonchev–Trinajstić information content (AvgIpc) is 2.43. The summed E-state index contributed by atoms with van der Waals surface area (Å²) in [6.07, 6.45) is -1.39. The number of aliphatic hydroxyl groups is 1. The van der Waals surface area contributed by atoms with Gasteiger partial charge in [0.25, 0.3) is 0 Å². The first kappa shape index (κ1) is 13.4. The van der Waals surface area contributed by atoms with Gasteiger partial charge in [0.05, 0.1) is 6.10 Å². The highest BCUT2D eigenvalue weighted by Gasteiger charge is 2.31. The van der Waals surface area contributed by atoms with Crippen LogP contribution in [-0.2, 0) is 6.42 Å². The molecule has 0 spiro atoms. The van der Waals surface area contributed by atoms with Crippen molar-refractivity contribution >= 4 is 0 Å². The molecular weight excluding hydrogens is 276 g/mol. The second-order valence-corrected chi connectivity index (χ2v) is 5.01. The minimum absolute atomic E-state index is 0.232. The topological polar surface area (TPSA) is 110 Å². The monoisotopic (exact) mass is 290 g/mol. The molecule has 0 bridgehead atoms. The molecule has 1 heterocycles. The number of rotatable bonds is 1. The third-order valence-corrected chi connectivity index (χ3v) is 3.52. The van der Waals surface area contributed by atoms with E-state index in [4.69, 9.17) is 4.74 Å². The predicted octanol–water partition coefficient (Wildman–Crippen LogP) is 1.55. The van der Waals surface area contributed by atoms with Gasteiger partial charge in [-0.1, -0.05) is 6.07 Å². The second kappa shape index (κ2) is 4.75. The van der Waals surface area contributed by atoms with E-state index in [1.165, 1.54) is 30.3 Å². The van der Waals surface area contributed by atoms with E-state index in [0.717, 1.165) is 0 Å². The molecule has 5 N–H and O–H groups in total. The lowest BCUT2D eigenvalue weighted by molar-refractivity contribution is 0.0204. The summed E-state index contributed by atoms with van der Waals surface area (Å²) in [5.74, 6) is -0.787. The molecule has 0 aliphatic carbocycles. The van der Waals surface area contributed by atoms with Crippen molar-refractivity contribution in [3.05, 3.63) is 41.5 Å². The van der Waals surface area contributed by atoms with Crippen LogP contribution >= 0.6 is 0 Å². The van der Waals surface area contributed by atoms with Crippen LogP contribution in [0.1, 0.15) is 17.2 Å². The van der Waals surface area contributed by atoms with Gasteiger partial charge in [-0.25, -0.2) is 0 Å². The fraction of sp³-hybridized carbons (Fsp3) is 0.200. The minimum atomic E-state index is -0.884. The average molecular weight is 290 g/mol. The molecule has 2 unspecified atom stereocenters. The molecule has 2 atom stereocenters. The molecule has 0 radical (unpaired) electrons. The summed E-state index contributed by atoms with van der Waals surface area (Å²) in [5.41, 5.74) is 1.08. The van der Waals surface area contributed by atoms with Gasteiger partial charge in [0, 0.05) is 18.1 Å². The quantitative estimate of drug-likeness (QED) is 0.510. The number of aliphatic hydroxyl groups excluding tert-OH is 1. The molecule has 2 aromatic carbocycles. The first-order chi connectivity index (χ1) is 9.95. The van der Waals surface area contributed by atoms with Gasteiger partial charge in [-0.05, 0) is 23.8 Å². The van der Waals surface area contributed by atoms with Crippen molar-refractivity contribution in [2.24, 2.45) is 0 Å². The Morgan fingerprint density at radius 2 is 1.52 bits per heavy atom. The Labute approximate surface area is 120 Å². The van der Waals surface area contributed by atoms with Crippen LogP contribution < -0.4 is 4.74 Å². The van der Waals surface area contributed by atoms with Crippen molar-refractivity contribution in [2.75, 3.05) is 0 Å². The van der Waals surface area contributed by atoms with Crippen LogP contribution in [0.5, 0.6) is 28.7 Å². The van der Waals surface area contributed by atoms with Crippen molar-refractivity contribution in [1.29, 1.82) is 0 Å². The first-order valence-corrected chi connectivity index (χ1v) is 6.37. The number of ether oxygens (including phenoxy) is 1. The summed E-state index contributed by atoms with van der Waals surface area (Å²) in [6, 6.07) is 6.79. The lowest BCUT2D eigenvalue weighted by atomic mass is 9.94. The van der Waals surface area contributed by atoms with Gasteiger partial charge in [0.15, 0.2) is 23.0 Å². The van der Waals surface area contributed by atoms with Crippen LogP contribution in [0.25, 0.3) is 0 Å². The number of phenols is 4. The number of fused-ring (bicyclic) bond motifs is 1. The van der Waals surface area contributed by atoms with Gasteiger partial charge in [-0.2, -0.15) is 0 Å². The van der Waals surface area contributed by atoms with E-state index in [2.05, 4.69) is 0 Å². The summed E-state index contributed by atoms with van der Waals surface area (Å²) in [7, 11) is 0. The third kappa shape index (κ3) is 2.30. The third-order valence-electron chi connectivity index (χ3n) is 3.52. The number of phenolic OH excluding ortho intramolecular Hbond substituents is 4. The number of hydrogen-bond donors (Lipinski definition) is 5. The van der Waals surface area contributed by atoms with Gasteiger partial charge in [0.1, 0.15) is 11.9 Å². The molecule has 0 aromatic heterocycles. The molecule has 6 nitrogen and oxygen atoms in total. The Kier molecular flexibility index (Phi) is 3.03. The molecule has 110 valence electrons. The molecule has 3 rings (SSSR count). The van der Waals surface area contributed by atoms with Gasteiger partial charge in [-0.15, -0.1) is 0 Å². The van der Waals surface area contributed by atoms with Crippen LogP contribution in [0.4, 0.5) is 0 Å². The van der Waals surface area contributed by atoms with Gasteiger partial charge >= 0.3 is 0 Å². The summed E-state index contributed by atoms with van der Waals surface area (Å²) in [4.78, 5) is 0. The van der Waals surface area contributed by atoms with E-state index < -0.39 is 12.2 Å². The van der Waals surface area contributed by atoms with E-state index in [-0.39, 0.29) is 29.4 Å². The Bertz CT molecular complexity index is 697. The highest BCUT2D eigenvalue weighted by atomic mass is 16.5. The lowest BCUT2D eigenvalue weighted by Gasteiger charge is -2.31. The number of aromatic hydroxyl groups is 4. The van der Waals surface area contributed by atoms with E-state index in [1.54, 1.807) is 0 Å². The van der Waals surface area contributed by atoms with Crippen LogP contribution in [0.2, 0.25) is 0 Å². The second-order valence-electron chi connectivity index (χ2n) is 5.01. The molecule has 0 saturated carbocycles. The van der Waals surface area contributed by atoms with Crippen LogP contribution in [0.15, 0.2) is 30.3 Å². The van der Waals surface area contributed by atoms with Gasteiger partial charge in [0.2, 0.25) is 0 Å².